The van der Waals surface area contributed by atoms with Gasteiger partial charge in [0.15, 0.2) is 11.5 Å². The molecule has 1 fully saturated rings. The van der Waals surface area contributed by atoms with E-state index in [1.165, 1.54) is 19.3 Å². The number of amides is 4. The van der Waals surface area contributed by atoms with Gasteiger partial charge in [0.25, 0.3) is 11.8 Å². The lowest BCUT2D eigenvalue weighted by molar-refractivity contribution is -0.122. The normalized spacial score (nSPS) is 14.3. The number of methoxy groups -OCH3 is 1. The predicted molar refractivity (Wildman–Crippen MR) is 147 cm³/mol. The molecule has 0 atom stereocenters. The minimum absolute atomic E-state index is 0.157. The average Bonchev–Trinajstić information content (AvgIpc) is 2.92. The first kappa shape index (κ1) is 27.5. The standard InChI is InChI=1S/C29H27ClN2O7/c1-4-37-20-11-13-24(38-5-2)23(16-20)32-28(34)21(27(33)31-29(32)35)14-18-10-12-25(26(15-18)36-3)39-17-19-8-6-7-9-22(19)30/h6-16H,4-5,17H2,1-3H3,(H,31,33,35)/b21-14+. The molecule has 4 rings (SSSR count). The molecule has 3 aromatic carbocycles. The number of nitrogens with zero attached hydrogens (tertiary/aromatic N) is 1. The van der Waals surface area contributed by atoms with Crippen molar-refractivity contribution in [3.8, 4) is 23.0 Å². The number of anilines is 1. The van der Waals surface area contributed by atoms with Crippen molar-refractivity contribution >= 4 is 41.2 Å². The molecule has 0 saturated carbocycles. The number of imide groups is 2. The van der Waals surface area contributed by atoms with Crippen molar-refractivity contribution in [2.75, 3.05) is 25.2 Å². The van der Waals surface area contributed by atoms with Crippen molar-refractivity contribution in [1.82, 2.24) is 5.32 Å². The van der Waals surface area contributed by atoms with Crippen LogP contribution in [0.25, 0.3) is 6.08 Å². The van der Waals surface area contributed by atoms with E-state index < -0.39 is 17.8 Å². The summed E-state index contributed by atoms with van der Waals surface area (Å²) in [6, 6.07) is 16.2. The monoisotopic (exact) mass is 550 g/mol. The molecular weight excluding hydrogens is 524 g/mol. The average molecular weight is 551 g/mol. The molecule has 1 aliphatic heterocycles. The van der Waals surface area contributed by atoms with E-state index in [4.69, 9.17) is 30.5 Å². The van der Waals surface area contributed by atoms with Crippen LogP contribution in [0.1, 0.15) is 25.0 Å². The summed E-state index contributed by atoms with van der Waals surface area (Å²) >= 11 is 6.21. The van der Waals surface area contributed by atoms with Gasteiger partial charge < -0.3 is 18.9 Å². The number of carbonyl (C=O) groups excluding carboxylic acids is 3. The van der Waals surface area contributed by atoms with Crippen molar-refractivity contribution in [1.29, 1.82) is 0 Å². The van der Waals surface area contributed by atoms with Crippen LogP contribution in [-0.2, 0) is 16.2 Å². The summed E-state index contributed by atoms with van der Waals surface area (Å²) < 4.78 is 22.5. The zero-order valence-electron chi connectivity index (χ0n) is 21.7. The van der Waals surface area contributed by atoms with Crippen molar-refractivity contribution in [2.24, 2.45) is 0 Å². The van der Waals surface area contributed by atoms with E-state index in [2.05, 4.69) is 5.32 Å². The maximum atomic E-state index is 13.5. The number of hydrogen-bond donors (Lipinski definition) is 1. The van der Waals surface area contributed by atoms with Crippen LogP contribution < -0.4 is 29.2 Å². The molecule has 0 aliphatic carbocycles. The first-order valence-electron chi connectivity index (χ1n) is 12.2. The number of nitrogens with one attached hydrogen (secondary N) is 1. The van der Waals surface area contributed by atoms with Gasteiger partial charge in [-0.05, 0) is 55.8 Å². The SMILES string of the molecule is CCOc1ccc(OCC)c(N2C(=O)NC(=O)/C(=C\c3ccc(OCc4ccccc4Cl)c(OC)c3)C2=O)c1. The fraction of sp³-hybridized carbons (Fsp3) is 0.207. The lowest BCUT2D eigenvalue weighted by Gasteiger charge is -2.28. The van der Waals surface area contributed by atoms with Crippen LogP contribution in [0.4, 0.5) is 10.5 Å². The molecular formula is C29H27ClN2O7. The molecule has 202 valence electrons. The van der Waals surface area contributed by atoms with Crippen LogP contribution in [0.3, 0.4) is 0 Å². The molecule has 0 aromatic heterocycles. The van der Waals surface area contributed by atoms with Gasteiger partial charge in [0.2, 0.25) is 0 Å². The van der Waals surface area contributed by atoms with Gasteiger partial charge in [0, 0.05) is 16.7 Å². The molecule has 0 unspecified atom stereocenters. The van der Waals surface area contributed by atoms with Crippen LogP contribution in [0.5, 0.6) is 23.0 Å². The van der Waals surface area contributed by atoms with Gasteiger partial charge >= 0.3 is 6.03 Å². The van der Waals surface area contributed by atoms with Crippen molar-refractivity contribution in [3.05, 3.63) is 82.4 Å². The number of rotatable bonds is 10. The second-order valence-corrected chi connectivity index (χ2v) is 8.65. The summed E-state index contributed by atoms with van der Waals surface area (Å²) in [4.78, 5) is 39.9. The Morgan fingerprint density at radius 3 is 2.33 bits per heavy atom. The molecule has 0 spiro atoms. The summed E-state index contributed by atoms with van der Waals surface area (Å²) in [6.45, 7) is 4.50. The molecule has 4 amide bonds. The fourth-order valence-corrected chi connectivity index (χ4v) is 4.10. The topological polar surface area (TPSA) is 103 Å². The van der Waals surface area contributed by atoms with E-state index in [9.17, 15) is 14.4 Å². The molecule has 1 aliphatic rings. The van der Waals surface area contributed by atoms with Crippen molar-refractivity contribution in [2.45, 2.75) is 20.5 Å². The summed E-state index contributed by atoms with van der Waals surface area (Å²) in [7, 11) is 1.48. The predicted octanol–water partition coefficient (Wildman–Crippen LogP) is 5.39. The zero-order chi connectivity index (χ0) is 27.9. The maximum absolute atomic E-state index is 13.5. The summed E-state index contributed by atoms with van der Waals surface area (Å²) in [6.07, 6.45) is 1.38. The van der Waals surface area contributed by atoms with Gasteiger partial charge in [0.1, 0.15) is 23.7 Å². The van der Waals surface area contributed by atoms with E-state index in [-0.39, 0.29) is 17.9 Å². The van der Waals surface area contributed by atoms with Crippen LogP contribution in [0, 0.1) is 0 Å². The highest BCUT2D eigenvalue weighted by molar-refractivity contribution is 6.39. The van der Waals surface area contributed by atoms with Crippen molar-refractivity contribution < 1.29 is 33.3 Å². The molecule has 9 nitrogen and oxygen atoms in total. The first-order valence-corrected chi connectivity index (χ1v) is 12.6. The van der Waals surface area contributed by atoms with Crippen LogP contribution in [-0.4, -0.2) is 38.2 Å². The Labute approximate surface area is 230 Å². The molecule has 1 heterocycles. The smallest absolute Gasteiger partial charge is 0.336 e. The lowest BCUT2D eigenvalue weighted by Crippen LogP contribution is -2.54. The van der Waals surface area contributed by atoms with Crippen LogP contribution in [0.2, 0.25) is 5.02 Å². The Morgan fingerprint density at radius 1 is 0.872 bits per heavy atom. The highest BCUT2D eigenvalue weighted by atomic mass is 35.5. The third kappa shape index (κ3) is 6.15. The van der Waals surface area contributed by atoms with Crippen LogP contribution >= 0.6 is 11.6 Å². The van der Waals surface area contributed by atoms with E-state index >= 15 is 0 Å². The van der Waals surface area contributed by atoms with E-state index in [1.807, 2.05) is 25.1 Å². The molecule has 3 aromatic rings. The number of benzene rings is 3. The fourth-order valence-electron chi connectivity index (χ4n) is 3.91. The second kappa shape index (κ2) is 12.4. The van der Waals surface area contributed by atoms with Crippen LogP contribution in [0.15, 0.2) is 66.2 Å². The lowest BCUT2D eigenvalue weighted by atomic mass is 10.1. The second-order valence-electron chi connectivity index (χ2n) is 8.24. The summed E-state index contributed by atoms with van der Waals surface area (Å²) in [5.74, 6) is -0.0635. The quantitative estimate of drug-likeness (QED) is 0.266. The Bertz CT molecular complexity index is 1440. The Morgan fingerprint density at radius 2 is 1.62 bits per heavy atom. The number of hydrogen-bond acceptors (Lipinski definition) is 7. The first-order chi connectivity index (χ1) is 18.9. The van der Waals surface area contributed by atoms with Crippen molar-refractivity contribution in [3.63, 3.8) is 0 Å². The van der Waals surface area contributed by atoms with Gasteiger partial charge in [-0.3, -0.25) is 14.9 Å². The van der Waals surface area contributed by atoms with Gasteiger partial charge in [-0.1, -0.05) is 35.9 Å². The zero-order valence-corrected chi connectivity index (χ0v) is 22.4. The summed E-state index contributed by atoms with van der Waals surface area (Å²) in [5, 5.41) is 2.81. The molecule has 1 N–H and O–H groups in total. The molecule has 0 radical (unpaired) electrons. The van der Waals surface area contributed by atoms with Gasteiger partial charge in [-0.15, -0.1) is 0 Å². The highest BCUT2D eigenvalue weighted by Gasteiger charge is 2.38. The maximum Gasteiger partial charge on any atom is 0.336 e. The molecule has 1 saturated heterocycles. The van der Waals surface area contributed by atoms with E-state index in [0.717, 1.165) is 10.5 Å². The molecule has 0 bridgehead atoms. The molecule has 10 heteroatoms. The van der Waals surface area contributed by atoms with Gasteiger partial charge in [-0.25, -0.2) is 9.69 Å². The van der Waals surface area contributed by atoms with Gasteiger partial charge in [0.05, 0.1) is 26.0 Å². The number of halogens is 1. The Kier molecular flexibility index (Phi) is 8.73. The van der Waals surface area contributed by atoms with E-state index in [1.54, 1.807) is 43.3 Å². The number of urea groups is 1. The Balaban J connectivity index is 1.64. The number of carbonyl (C=O) groups is 3. The summed E-state index contributed by atoms with van der Waals surface area (Å²) in [5.41, 5.74) is 1.20. The number of barbiturate groups is 1. The Hall–Kier alpha value is -4.50. The van der Waals surface area contributed by atoms with Gasteiger partial charge in [-0.2, -0.15) is 0 Å². The third-order valence-electron chi connectivity index (χ3n) is 5.72. The largest absolute Gasteiger partial charge is 0.494 e. The van der Waals surface area contributed by atoms with E-state index in [0.29, 0.717) is 46.8 Å². The third-order valence-corrected chi connectivity index (χ3v) is 6.09. The number of ether oxygens (including phenoxy) is 4. The molecule has 39 heavy (non-hydrogen) atoms. The minimum atomic E-state index is -0.891. The highest BCUT2D eigenvalue weighted by Crippen LogP contribution is 2.36. The minimum Gasteiger partial charge on any atom is -0.494 e.